The monoisotopic (exact) mass is 994 g/mol. The van der Waals surface area contributed by atoms with Gasteiger partial charge in [0.25, 0.3) is 11.9 Å². The Morgan fingerprint density at radius 2 is 0.381 bits per heavy atom. The maximum absolute atomic E-state index is 9.00. The standard InChI is InChI=1S/2C25H22P2.2C2H4O2.Ru/c2*1-5-13-22(14-6-1)26(23-15-7-2-8-16-23)21-27(24-17-9-3-10-18-24)25-19-11-4-12-20-25;2*1-2(3)4;/h2*1-20H,21H2;2*1H3,(H,3,4);/p+4. The number of carbonyl (C=O) groups is 2. The summed E-state index contributed by atoms with van der Waals surface area (Å²) in [5.41, 5.74) is 0. The van der Waals surface area contributed by atoms with Crippen LogP contribution in [0.2, 0.25) is 0 Å². The van der Waals surface area contributed by atoms with E-state index in [0.29, 0.717) is 0 Å². The van der Waals surface area contributed by atoms with Crippen LogP contribution in [0.1, 0.15) is 13.8 Å². The molecular formula is C54H56O4P4Ru+4. The SMILES string of the molecule is CC(=O)O.CC(=O)O.[Ru].c1ccc([PH+](C[PH+](c2ccccc2)c2ccccc2)c2ccccc2)cc1.c1ccc([PH+](C[PH+](c2ccccc2)c2ccccc2)c2ccccc2)cc1. The molecule has 0 aliphatic rings. The molecule has 0 bridgehead atoms. The molecule has 0 aromatic heterocycles. The Hall–Kier alpha value is -4.96. The summed E-state index contributed by atoms with van der Waals surface area (Å²) >= 11 is 0. The van der Waals surface area contributed by atoms with Gasteiger partial charge in [-0.1, -0.05) is 146 Å². The van der Waals surface area contributed by atoms with Crippen LogP contribution in [0.25, 0.3) is 0 Å². The molecule has 8 aromatic rings. The van der Waals surface area contributed by atoms with E-state index in [2.05, 4.69) is 243 Å². The number of hydrogen-bond acceptors (Lipinski definition) is 2. The zero-order valence-corrected chi connectivity index (χ0v) is 41.3. The topological polar surface area (TPSA) is 74.6 Å². The van der Waals surface area contributed by atoms with Crippen molar-refractivity contribution < 1.29 is 39.3 Å². The summed E-state index contributed by atoms with van der Waals surface area (Å²) in [5.74, 6) is 0.828. The van der Waals surface area contributed by atoms with E-state index < -0.39 is 43.6 Å². The molecule has 0 fully saturated rings. The van der Waals surface area contributed by atoms with E-state index in [9.17, 15) is 0 Å². The number of benzene rings is 8. The van der Waals surface area contributed by atoms with E-state index in [1.54, 1.807) is 0 Å². The third kappa shape index (κ3) is 17.6. The van der Waals surface area contributed by atoms with Gasteiger partial charge in [0.2, 0.25) is 0 Å². The van der Waals surface area contributed by atoms with Crippen LogP contribution in [0.5, 0.6) is 0 Å². The van der Waals surface area contributed by atoms with Crippen LogP contribution in [-0.4, -0.2) is 34.0 Å². The number of hydrogen-bond donors (Lipinski definition) is 2. The smallest absolute Gasteiger partial charge is 0.300 e. The third-order valence-corrected chi connectivity index (χ3v) is 23.6. The molecule has 0 saturated heterocycles. The van der Waals surface area contributed by atoms with E-state index in [-0.39, 0.29) is 19.5 Å². The van der Waals surface area contributed by atoms with Gasteiger partial charge in [-0.25, -0.2) is 0 Å². The van der Waals surface area contributed by atoms with Crippen molar-refractivity contribution in [3.8, 4) is 0 Å². The van der Waals surface area contributed by atoms with E-state index in [1.807, 2.05) is 0 Å². The minimum Gasteiger partial charge on any atom is -0.481 e. The van der Waals surface area contributed by atoms with Crippen LogP contribution in [0, 0.1) is 0 Å². The van der Waals surface area contributed by atoms with Gasteiger partial charge < -0.3 is 10.2 Å². The van der Waals surface area contributed by atoms with Crippen LogP contribution in [-0.2, 0) is 29.1 Å². The van der Waals surface area contributed by atoms with Crippen LogP contribution in [0.3, 0.4) is 0 Å². The van der Waals surface area contributed by atoms with Gasteiger partial charge in [-0.05, 0) is 97.1 Å². The third-order valence-electron chi connectivity index (χ3n) is 9.69. The summed E-state index contributed by atoms with van der Waals surface area (Å²) in [7, 11) is -3.39. The summed E-state index contributed by atoms with van der Waals surface area (Å²) < 4.78 is 0. The van der Waals surface area contributed by atoms with Gasteiger partial charge in [0.15, 0.2) is 11.8 Å². The molecule has 0 saturated carbocycles. The first-order chi connectivity index (χ1) is 30.3. The fourth-order valence-corrected chi connectivity index (χ4v) is 22.4. The second kappa shape index (κ2) is 28.7. The van der Waals surface area contributed by atoms with Gasteiger partial charge in [-0.2, -0.15) is 0 Å². The normalized spacial score (nSPS) is 10.3. The molecule has 0 aliphatic heterocycles. The van der Waals surface area contributed by atoms with Crippen molar-refractivity contribution in [3.63, 3.8) is 0 Å². The molecule has 0 unspecified atom stereocenters. The summed E-state index contributed by atoms with van der Waals surface area (Å²) in [5, 5.41) is 26.9. The molecular weight excluding hydrogens is 938 g/mol. The maximum Gasteiger partial charge on any atom is 0.300 e. The summed E-state index contributed by atoms with van der Waals surface area (Å²) in [6.07, 6.45) is 0. The quantitative estimate of drug-likeness (QED) is 0.0946. The van der Waals surface area contributed by atoms with Crippen LogP contribution >= 0.6 is 31.7 Å². The zero-order chi connectivity index (χ0) is 43.8. The fourth-order valence-electron chi connectivity index (χ4n) is 6.95. The van der Waals surface area contributed by atoms with Crippen molar-refractivity contribution in [1.29, 1.82) is 0 Å². The van der Waals surface area contributed by atoms with Crippen LogP contribution in [0.4, 0.5) is 0 Å². The summed E-state index contributed by atoms with van der Waals surface area (Å²) in [6, 6.07) is 88.9. The molecule has 320 valence electrons. The Labute approximate surface area is 391 Å². The molecule has 0 spiro atoms. The molecule has 9 heteroatoms. The summed E-state index contributed by atoms with van der Waals surface area (Å²) in [4.78, 5) is 18.0. The molecule has 2 N–H and O–H groups in total. The molecule has 8 rings (SSSR count). The number of rotatable bonds is 12. The Morgan fingerprint density at radius 3 is 0.476 bits per heavy atom. The molecule has 0 heterocycles. The fraction of sp³-hybridized carbons (Fsp3) is 0.0741. The van der Waals surface area contributed by atoms with Gasteiger partial charge >= 0.3 is 0 Å². The molecule has 0 amide bonds. The Bertz CT molecular complexity index is 1930. The molecule has 4 nitrogen and oxygen atoms in total. The first-order valence-corrected chi connectivity index (χ1v) is 27.4. The first-order valence-electron chi connectivity index (χ1n) is 20.6. The van der Waals surface area contributed by atoms with Crippen molar-refractivity contribution in [3.05, 3.63) is 243 Å². The average Bonchev–Trinajstić information content (AvgIpc) is 3.32. The van der Waals surface area contributed by atoms with E-state index >= 15 is 0 Å². The Kier molecular flexibility index (Phi) is 23.1. The second-order valence-electron chi connectivity index (χ2n) is 14.2. The number of aliphatic carboxylic acids is 2. The van der Waals surface area contributed by atoms with Gasteiger partial charge in [-0.3, -0.25) is 9.59 Å². The van der Waals surface area contributed by atoms with Crippen molar-refractivity contribution in [2.75, 3.05) is 11.8 Å². The maximum atomic E-state index is 9.00. The Morgan fingerprint density at radius 1 is 0.286 bits per heavy atom. The molecule has 0 radical (unpaired) electrons. The van der Waals surface area contributed by atoms with Crippen molar-refractivity contribution >= 4 is 86.1 Å². The van der Waals surface area contributed by atoms with Crippen molar-refractivity contribution in [2.24, 2.45) is 0 Å². The number of carboxylic acids is 2. The van der Waals surface area contributed by atoms with Gasteiger partial charge in [0.1, 0.15) is 74.1 Å². The minimum atomic E-state index is -0.847. The Balaban J connectivity index is 0.000000233. The van der Waals surface area contributed by atoms with Gasteiger partial charge in [0.05, 0.1) is 0 Å². The zero-order valence-electron chi connectivity index (χ0n) is 35.6. The van der Waals surface area contributed by atoms with Gasteiger partial charge in [0, 0.05) is 33.3 Å². The van der Waals surface area contributed by atoms with Gasteiger partial charge in [-0.15, -0.1) is 0 Å². The average molecular weight is 994 g/mol. The van der Waals surface area contributed by atoms with Crippen molar-refractivity contribution in [2.45, 2.75) is 13.8 Å². The number of carboxylic acid groups (broad SMARTS) is 2. The first kappa shape index (κ1) is 50.7. The van der Waals surface area contributed by atoms with Crippen LogP contribution in [0.15, 0.2) is 243 Å². The predicted molar refractivity (Wildman–Crippen MR) is 278 cm³/mol. The van der Waals surface area contributed by atoms with E-state index in [1.165, 1.54) is 54.2 Å². The molecule has 8 aromatic carbocycles. The second-order valence-corrected chi connectivity index (χ2v) is 25.5. The largest absolute Gasteiger partial charge is 0.481 e. The molecule has 63 heavy (non-hydrogen) atoms. The van der Waals surface area contributed by atoms with Crippen LogP contribution < -0.4 is 42.4 Å². The molecule has 0 atom stereocenters. The summed E-state index contributed by atoms with van der Waals surface area (Å²) in [6.45, 7) is 2.17. The van der Waals surface area contributed by atoms with Crippen molar-refractivity contribution in [1.82, 2.24) is 0 Å². The molecule has 0 aliphatic carbocycles. The van der Waals surface area contributed by atoms with E-state index in [0.717, 1.165) is 13.8 Å². The minimum absolute atomic E-state index is 0. The predicted octanol–water partition coefficient (Wildman–Crippen LogP) is 9.53. The van der Waals surface area contributed by atoms with E-state index in [4.69, 9.17) is 19.8 Å².